The van der Waals surface area contributed by atoms with E-state index in [9.17, 15) is 0 Å². The van der Waals surface area contributed by atoms with Crippen LogP contribution in [0, 0.1) is 0 Å². The highest BCUT2D eigenvalue weighted by atomic mass is 32.1. The van der Waals surface area contributed by atoms with Crippen molar-refractivity contribution in [2.75, 3.05) is 4.90 Å². The molecule has 0 bridgehead atoms. The Morgan fingerprint density at radius 3 is 2.07 bits per heavy atom. The highest BCUT2D eigenvalue weighted by molar-refractivity contribution is 7.25. The van der Waals surface area contributed by atoms with Crippen LogP contribution in [0.25, 0.3) is 75.4 Å². The van der Waals surface area contributed by atoms with Gasteiger partial charge in [0, 0.05) is 53.3 Å². The van der Waals surface area contributed by atoms with Crippen molar-refractivity contribution in [1.82, 2.24) is 4.98 Å². The molecule has 0 saturated carbocycles. The molecular formula is C41H24N2O2S. The van der Waals surface area contributed by atoms with Gasteiger partial charge in [0.1, 0.15) is 16.7 Å². The number of anilines is 3. The lowest BCUT2D eigenvalue weighted by molar-refractivity contribution is 0.623. The highest BCUT2D eigenvalue weighted by Gasteiger charge is 2.23. The maximum atomic E-state index is 6.61. The van der Waals surface area contributed by atoms with Crippen molar-refractivity contribution >= 4 is 92.4 Å². The average molecular weight is 609 g/mol. The monoisotopic (exact) mass is 608 g/mol. The van der Waals surface area contributed by atoms with E-state index < -0.39 is 0 Å². The molecule has 0 saturated heterocycles. The minimum atomic E-state index is 0.601. The molecule has 10 aromatic rings. The number of hydrogen-bond donors (Lipinski definition) is 0. The fourth-order valence-corrected chi connectivity index (χ4v) is 7.82. The predicted molar refractivity (Wildman–Crippen MR) is 192 cm³/mol. The minimum Gasteiger partial charge on any atom is -0.456 e. The molecule has 3 aromatic heterocycles. The average Bonchev–Trinajstić information content (AvgIpc) is 3.83. The molecule has 0 atom stereocenters. The third-order valence-electron chi connectivity index (χ3n) is 8.87. The van der Waals surface area contributed by atoms with Crippen LogP contribution in [0.2, 0.25) is 0 Å². The molecule has 0 unspecified atom stereocenters. The van der Waals surface area contributed by atoms with E-state index in [1.54, 1.807) is 0 Å². The summed E-state index contributed by atoms with van der Waals surface area (Å²) in [4.78, 5) is 7.50. The number of furan rings is 1. The number of thiophene rings is 1. The van der Waals surface area contributed by atoms with E-state index in [0.717, 1.165) is 66.4 Å². The van der Waals surface area contributed by atoms with Gasteiger partial charge in [-0.2, -0.15) is 0 Å². The lowest BCUT2D eigenvalue weighted by Crippen LogP contribution is -2.10. The first-order valence-electron chi connectivity index (χ1n) is 15.3. The fraction of sp³-hybridized carbons (Fsp3) is 0. The second kappa shape index (κ2) is 9.80. The van der Waals surface area contributed by atoms with Gasteiger partial charge in [0.25, 0.3) is 0 Å². The Morgan fingerprint density at radius 1 is 0.500 bits per heavy atom. The summed E-state index contributed by atoms with van der Waals surface area (Å²) in [6.45, 7) is 0. The van der Waals surface area contributed by atoms with Gasteiger partial charge in [-0.05, 0) is 72.1 Å². The summed E-state index contributed by atoms with van der Waals surface area (Å²) >= 11 is 1.83. The number of fused-ring (bicyclic) bond motifs is 9. The number of oxazole rings is 1. The molecule has 0 N–H and O–H groups in total. The Morgan fingerprint density at radius 2 is 1.17 bits per heavy atom. The predicted octanol–water partition coefficient (Wildman–Crippen LogP) is 12.4. The summed E-state index contributed by atoms with van der Waals surface area (Å²) < 4.78 is 15.4. The molecule has 0 aliphatic heterocycles. The molecule has 0 aliphatic rings. The zero-order valence-corrected chi connectivity index (χ0v) is 25.3. The van der Waals surface area contributed by atoms with Crippen molar-refractivity contribution in [3.05, 3.63) is 146 Å². The molecule has 216 valence electrons. The molecule has 0 amide bonds. The molecule has 7 aromatic carbocycles. The Hall–Kier alpha value is -5.91. The van der Waals surface area contributed by atoms with Gasteiger partial charge in [0.05, 0.1) is 5.69 Å². The number of aromatic nitrogens is 1. The van der Waals surface area contributed by atoms with Crippen LogP contribution >= 0.6 is 11.3 Å². The van der Waals surface area contributed by atoms with E-state index >= 15 is 0 Å². The third-order valence-corrected chi connectivity index (χ3v) is 10.0. The molecule has 0 fully saturated rings. The number of benzene rings is 7. The molecule has 0 aliphatic carbocycles. The van der Waals surface area contributed by atoms with E-state index in [-0.39, 0.29) is 0 Å². The maximum absolute atomic E-state index is 6.61. The maximum Gasteiger partial charge on any atom is 0.227 e. The summed E-state index contributed by atoms with van der Waals surface area (Å²) in [7, 11) is 0. The van der Waals surface area contributed by atoms with Crippen LogP contribution in [-0.2, 0) is 0 Å². The second-order valence-electron chi connectivity index (χ2n) is 11.6. The third kappa shape index (κ3) is 3.82. The molecular weight excluding hydrogens is 585 g/mol. The van der Waals surface area contributed by atoms with E-state index in [4.69, 9.17) is 13.8 Å². The van der Waals surface area contributed by atoms with Crippen LogP contribution in [0.5, 0.6) is 0 Å². The van der Waals surface area contributed by atoms with E-state index in [1.165, 1.54) is 20.2 Å². The summed E-state index contributed by atoms with van der Waals surface area (Å²) in [5.41, 5.74) is 7.27. The van der Waals surface area contributed by atoms with Crippen LogP contribution < -0.4 is 4.90 Å². The largest absolute Gasteiger partial charge is 0.456 e. The number of nitrogens with zero attached hydrogens (tertiary/aromatic N) is 2. The van der Waals surface area contributed by atoms with Gasteiger partial charge in [-0.15, -0.1) is 11.3 Å². The van der Waals surface area contributed by atoms with Crippen molar-refractivity contribution < 1.29 is 8.83 Å². The Kier molecular flexibility index (Phi) is 5.41. The topological polar surface area (TPSA) is 42.4 Å². The Labute approximate surface area is 267 Å². The van der Waals surface area contributed by atoms with Crippen LogP contribution in [0.15, 0.2) is 154 Å². The van der Waals surface area contributed by atoms with Gasteiger partial charge < -0.3 is 13.7 Å². The van der Waals surface area contributed by atoms with Crippen LogP contribution in [0.1, 0.15) is 0 Å². The number of para-hydroxylation sites is 1. The van der Waals surface area contributed by atoms with Gasteiger partial charge in [-0.3, -0.25) is 0 Å². The van der Waals surface area contributed by atoms with E-state index in [2.05, 4.69) is 108 Å². The first-order chi connectivity index (χ1) is 22.8. The van der Waals surface area contributed by atoms with Crippen molar-refractivity contribution in [2.45, 2.75) is 0 Å². The SMILES string of the molecule is c1ccc(-c2nc3c(N(c4ccc5oc6ccccc6c5c4)c4ccc5sc6ccccc6c5c4)cc4ccccc4c3o2)cc1. The quantitative estimate of drug-likeness (QED) is 0.199. The summed E-state index contributed by atoms with van der Waals surface area (Å²) in [6.07, 6.45) is 0. The molecule has 0 spiro atoms. The zero-order valence-electron chi connectivity index (χ0n) is 24.5. The standard InChI is InChI=1S/C41H24N2O2S/c1-2-10-25(11-3-1)41-42-39-34(22-26-12-4-5-13-29(26)40(39)45-41)43(27-18-20-36-32(23-27)30-14-6-8-16-35(30)44-36)28-19-21-38-33(24-28)31-15-7-9-17-37(31)46-38/h1-24H. The first-order valence-corrected chi connectivity index (χ1v) is 16.1. The van der Waals surface area contributed by atoms with Crippen molar-refractivity contribution in [3.8, 4) is 11.5 Å². The normalized spacial score (nSPS) is 11.9. The first kappa shape index (κ1) is 25.4. The van der Waals surface area contributed by atoms with Gasteiger partial charge in [0.2, 0.25) is 5.89 Å². The molecule has 0 radical (unpaired) electrons. The van der Waals surface area contributed by atoms with E-state index in [1.807, 2.05) is 53.8 Å². The van der Waals surface area contributed by atoms with Gasteiger partial charge >= 0.3 is 0 Å². The molecule has 3 heterocycles. The van der Waals surface area contributed by atoms with Crippen molar-refractivity contribution in [1.29, 1.82) is 0 Å². The van der Waals surface area contributed by atoms with Gasteiger partial charge in [-0.1, -0.05) is 78.9 Å². The van der Waals surface area contributed by atoms with Gasteiger partial charge in [-0.25, -0.2) is 4.98 Å². The molecule has 10 rings (SSSR count). The van der Waals surface area contributed by atoms with E-state index in [0.29, 0.717) is 5.89 Å². The number of rotatable bonds is 4. The lowest BCUT2D eigenvalue weighted by atomic mass is 10.0. The summed E-state index contributed by atoms with van der Waals surface area (Å²) in [5, 5.41) is 6.78. The molecule has 46 heavy (non-hydrogen) atoms. The Bertz CT molecular complexity index is 2660. The Balaban J connectivity index is 1.30. The molecule has 4 nitrogen and oxygen atoms in total. The van der Waals surface area contributed by atoms with Gasteiger partial charge in [0.15, 0.2) is 5.58 Å². The summed E-state index contributed by atoms with van der Waals surface area (Å²) in [5.74, 6) is 0.601. The summed E-state index contributed by atoms with van der Waals surface area (Å²) in [6, 6.07) is 50.8. The van der Waals surface area contributed by atoms with Crippen molar-refractivity contribution in [2.24, 2.45) is 0 Å². The fourth-order valence-electron chi connectivity index (χ4n) is 6.73. The number of hydrogen-bond acceptors (Lipinski definition) is 5. The van der Waals surface area contributed by atoms with Crippen molar-refractivity contribution in [3.63, 3.8) is 0 Å². The lowest BCUT2D eigenvalue weighted by Gasteiger charge is -2.26. The highest BCUT2D eigenvalue weighted by Crippen LogP contribution is 2.46. The van der Waals surface area contributed by atoms with Crippen LogP contribution in [-0.4, -0.2) is 4.98 Å². The van der Waals surface area contributed by atoms with Crippen LogP contribution in [0.4, 0.5) is 17.1 Å². The minimum absolute atomic E-state index is 0.601. The van der Waals surface area contributed by atoms with Crippen LogP contribution in [0.3, 0.4) is 0 Å². The zero-order chi connectivity index (χ0) is 30.2. The smallest absolute Gasteiger partial charge is 0.227 e. The second-order valence-corrected chi connectivity index (χ2v) is 12.7. The molecule has 5 heteroatoms.